The zero-order valence-corrected chi connectivity index (χ0v) is 14.0. The van der Waals surface area contributed by atoms with E-state index in [9.17, 15) is 9.18 Å². The highest BCUT2D eigenvalue weighted by molar-refractivity contribution is 5.94. The maximum Gasteiger partial charge on any atom is 0.253 e. The van der Waals surface area contributed by atoms with E-state index in [-0.39, 0.29) is 11.7 Å². The van der Waals surface area contributed by atoms with E-state index in [0.717, 1.165) is 38.2 Å². The van der Waals surface area contributed by atoms with Crippen LogP contribution in [0.15, 0.2) is 48.5 Å². The van der Waals surface area contributed by atoms with Gasteiger partial charge in [0.25, 0.3) is 5.91 Å². The number of nitriles is 1. The number of carbonyl (C=O) groups is 1. The summed E-state index contributed by atoms with van der Waals surface area (Å²) in [5.41, 5.74) is 2.25. The Kier molecular flexibility index (Phi) is 5.42. The maximum atomic E-state index is 13.0. The molecule has 1 aliphatic rings. The average molecular weight is 337 g/mol. The van der Waals surface area contributed by atoms with Crippen molar-refractivity contribution >= 4 is 5.91 Å². The fourth-order valence-electron chi connectivity index (χ4n) is 3.05. The Bertz CT molecular complexity index is 765. The molecule has 1 amide bonds. The van der Waals surface area contributed by atoms with Gasteiger partial charge in [-0.25, -0.2) is 4.39 Å². The van der Waals surface area contributed by atoms with Crippen molar-refractivity contribution in [3.63, 3.8) is 0 Å². The van der Waals surface area contributed by atoms with Crippen LogP contribution in [0.5, 0.6) is 0 Å². The van der Waals surface area contributed by atoms with E-state index in [4.69, 9.17) is 5.26 Å². The lowest BCUT2D eigenvalue weighted by atomic mass is 10.1. The van der Waals surface area contributed by atoms with Crippen molar-refractivity contribution in [1.82, 2.24) is 9.80 Å². The lowest BCUT2D eigenvalue weighted by Gasteiger charge is -2.22. The summed E-state index contributed by atoms with van der Waals surface area (Å²) in [6, 6.07) is 15.4. The summed E-state index contributed by atoms with van der Waals surface area (Å²) in [4.78, 5) is 16.8. The third-order valence-corrected chi connectivity index (χ3v) is 4.46. The lowest BCUT2D eigenvalue weighted by molar-refractivity contribution is 0.0761. The van der Waals surface area contributed by atoms with Crippen molar-refractivity contribution in [2.45, 2.75) is 13.0 Å². The quantitative estimate of drug-likeness (QED) is 0.865. The van der Waals surface area contributed by atoms with Gasteiger partial charge < -0.3 is 4.90 Å². The summed E-state index contributed by atoms with van der Waals surface area (Å²) in [6.45, 7) is 3.85. The van der Waals surface area contributed by atoms with E-state index in [2.05, 4.69) is 11.0 Å². The summed E-state index contributed by atoms with van der Waals surface area (Å²) in [6.07, 6.45) is 0.906. The number of hydrogen-bond acceptors (Lipinski definition) is 3. The van der Waals surface area contributed by atoms with Crippen LogP contribution >= 0.6 is 0 Å². The molecule has 0 unspecified atom stereocenters. The first-order valence-corrected chi connectivity index (χ1v) is 8.42. The van der Waals surface area contributed by atoms with Crippen molar-refractivity contribution in [3.05, 3.63) is 71.0 Å². The summed E-state index contributed by atoms with van der Waals surface area (Å²) in [5, 5.41) is 8.85. The highest BCUT2D eigenvalue weighted by atomic mass is 19.1. The average Bonchev–Trinajstić information content (AvgIpc) is 2.89. The van der Waals surface area contributed by atoms with E-state index in [1.165, 1.54) is 12.1 Å². The van der Waals surface area contributed by atoms with Crippen molar-refractivity contribution < 1.29 is 9.18 Å². The van der Waals surface area contributed by atoms with Crippen LogP contribution in [0, 0.1) is 17.1 Å². The van der Waals surface area contributed by atoms with Gasteiger partial charge >= 0.3 is 0 Å². The highest BCUT2D eigenvalue weighted by Crippen LogP contribution is 2.13. The molecule has 0 atom stereocenters. The number of halogens is 1. The van der Waals surface area contributed by atoms with Crippen LogP contribution < -0.4 is 0 Å². The van der Waals surface area contributed by atoms with Crippen LogP contribution in [0.25, 0.3) is 0 Å². The van der Waals surface area contributed by atoms with Gasteiger partial charge in [0, 0.05) is 38.3 Å². The van der Waals surface area contributed by atoms with Gasteiger partial charge in [0.1, 0.15) is 5.82 Å². The minimum absolute atomic E-state index is 0.00752. The van der Waals surface area contributed by atoms with Crippen molar-refractivity contribution in [1.29, 1.82) is 5.26 Å². The van der Waals surface area contributed by atoms with E-state index < -0.39 is 0 Å². The Hall–Kier alpha value is -2.71. The first-order valence-electron chi connectivity index (χ1n) is 8.42. The van der Waals surface area contributed by atoms with Crippen molar-refractivity contribution in [3.8, 4) is 6.07 Å². The van der Waals surface area contributed by atoms with Gasteiger partial charge in [-0.1, -0.05) is 12.1 Å². The van der Waals surface area contributed by atoms with Crippen LogP contribution in [-0.2, 0) is 6.54 Å². The first-order chi connectivity index (χ1) is 12.2. The molecular weight excluding hydrogens is 317 g/mol. The van der Waals surface area contributed by atoms with E-state index in [1.807, 2.05) is 4.90 Å². The zero-order valence-electron chi connectivity index (χ0n) is 14.0. The number of rotatable bonds is 3. The summed E-state index contributed by atoms with van der Waals surface area (Å²) in [5.74, 6) is -0.216. The second kappa shape index (κ2) is 7.91. The van der Waals surface area contributed by atoms with Crippen LogP contribution in [0.2, 0.25) is 0 Å². The predicted molar refractivity (Wildman–Crippen MR) is 93.4 cm³/mol. The smallest absolute Gasteiger partial charge is 0.253 e. The molecule has 0 saturated carbocycles. The molecule has 0 aromatic heterocycles. The standard InChI is InChI=1S/C20H20FN3O/c21-19-8-4-17(5-9-19)15-23-10-1-11-24(13-12-23)20(25)18-6-2-16(14-22)3-7-18/h2-9H,1,10-13,15H2. The molecule has 5 heteroatoms. The maximum absolute atomic E-state index is 13.0. The van der Waals surface area contributed by atoms with Gasteiger partial charge in [-0.05, 0) is 48.4 Å². The van der Waals surface area contributed by atoms with Gasteiger partial charge in [0.05, 0.1) is 11.6 Å². The monoisotopic (exact) mass is 337 g/mol. The SMILES string of the molecule is N#Cc1ccc(C(=O)N2CCCN(Cc3ccc(F)cc3)CC2)cc1. The van der Waals surface area contributed by atoms with Crippen LogP contribution in [-0.4, -0.2) is 41.9 Å². The Balaban J connectivity index is 1.59. The first kappa shape index (κ1) is 17.1. The third-order valence-electron chi connectivity index (χ3n) is 4.46. The number of amides is 1. The number of hydrogen-bond donors (Lipinski definition) is 0. The van der Waals surface area contributed by atoms with Crippen LogP contribution in [0.3, 0.4) is 0 Å². The van der Waals surface area contributed by atoms with Crippen LogP contribution in [0.4, 0.5) is 4.39 Å². The second-order valence-electron chi connectivity index (χ2n) is 6.24. The Morgan fingerprint density at radius 3 is 2.40 bits per heavy atom. The minimum atomic E-state index is -0.223. The highest BCUT2D eigenvalue weighted by Gasteiger charge is 2.20. The molecule has 0 spiro atoms. The molecule has 25 heavy (non-hydrogen) atoms. The summed E-state index contributed by atoms with van der Waals surface area (Å²) >= 11 is 0. The van der Waals surface area contributed by atoms with E-state index >= 15 is 0 Å². The molecular formula is C20H20FN3O. The molecule has 1 heterocycles. The van der Waals surface area contributed by atoms with E-state index in [0.29, 0.717) is 17.7 Å². The van der Waals surface area contributed by atoms with Gasteiger partial charge in [-0.15, -0.1) is 0 Å². The molecule has 4 nitrogen and oxygen atoms in total. The summed E-state index contributed by atoms with van der Waals surface area (Å²) < 4.78 is 13.0. The fourth-order valence-corrected chi connectivity index (χ4v) is 3.05. The molecule has 0 aliphatic carbocycles. The third kappa shape index (κ3) is 4.43. The fraction of sp³-hybridized carbons (Fsp3) is 0.300. The van der Waals surface area contributed by atoms with Gasteiger partial charge in [0.2, 0.25) is 0 Å². The van der Waals surface area contributed by atoms with E-state index in [1.54, 1.807) is 36.4 Å². The molecule has 3 rings (SSSR count). The molecule has 2 aromatic rings. The van der Waals surface area contributed by atoms with Gasteiger partial charge in [0.15, 0.2) is 0 Å². The van der Waals surface area contributed by atoms with Crippen molar-refractivity contribution in [2.24, 2.45) is 0 Å². The minimum Gasteiger partial charge on any atom is -0.337 e. The Labute approximate surface area is 147 Å². The lowest BCUT2D eigenvalue weighted by Crippen LogP contribution is -2.35. The van der Waals surface area contributed by atoms with Crippen LogP contribution in [0.1, 0.15) is 27.9 Å². The second-order valence-corrected chi connectivity index (χ2v) is 6.24. The number of benzene rings is 2. The normalized spacial score (nSPS) is 15.4. The molecule has 0 radical (unpaired) electrons. The van der Waals surface area contributed by atoms with Gasteiger partial charge in [-0.3, -0.25) is 9.69 Å². The Morgan fingerprint density at radius 2 is 1.72 bits per heavy atom. The molecule has 1 fully saturated rings. The molecule has 0 N–H and O–H groups in total. The largest absolute Gasteiger partial charge is 0.337 e. The molecule has 1 saturated heterocycles. The van der Waals surface area contributed by atoms with Gasteiger partial charge in [-0.2, -0.15) is 5.26 Å². The topological polar surface area (TPSA) is 47.3 Å². The summed E-state index contributed by atoms with van der Waals surface area (Å²) in [7, 11) is 0. The number of carbonyl (C=O) groups excluding carboxylic acids is 1. The number of nitrogens with zero attached hydrogens (tertiary/aromatic N) is 3. The van der Waals surface area contributed by atoms with Crippen molar-refractivity contribution in [2.75, 3.05) is 26.2 Å². The molecule has 1 aliphatic heterocycles. The Morgan fingerprint density at radius 1 is 1.00 bits per heavy atom. The zero-order chi connectivity index (χ0) is 17.6. The molecule has 0 bridgehead atoms. The molecule has 2 aromatic carbocycles. The molecule has 128 valence electrons. The predicted octanol–water partition coefficient (Wildman–Crippen LogP) is 3.05.